The van der Waals surface area contributed by atoms with Gasteiger partial charge in [0.2, 0.25) is 0 Å². The summed E-state index contributed by atoms with van der Waals surface area (Å²) in [4.78, 5) is 0. The van der Waals surface area contributed by atoms with Crippen LogP contribution in [-0.4, -0.2) is 0 Å². The molecule has 24 heavy (non-hydrogen) atoms. The van der Waals surface area contributed by atoms with Gasteiger partial charge in [-0.3, -0.25) is 12.2 Å². The summed E-state index contributed by atoms with van der Waals surface area (Å²) in [5, 5.41) is 0. The third-order valence-electron chi connectivity index (χ3n) is 5.12. The summed E-state index contributed by atoms with van der Waals surface area (Å²) in [7, 11) is 0. The first-order valence-corrected chi connectivity index (χ1v) is 7.50. The van der Waals surface area contributed by atoms with Crippen molar-refractivity contribution < 1.29 is 83.9 Å². The summed E-state index contributed by atoms with van der Waals surface area (Å²) in [6, 6.07) is 0. The first-order valence-electron chi connectivity index (χ1n) is 7.50. The van der Waals surface area contributed by atoms with Crippen molar-refractivity contribution in [3.05, 3.63) is 45.6 Å². The minimum atomic E-state index is 0. The number of allylic oxidation sites excluding steroid dienone is 8. The zero-order valence-electron chi connectivity index (χ0n) is 18.3. The molecule has 0 aromatic heterocycles. The van der Waals surface area contributed by atoms with Crippen molar-refractivity contribution in [1.82, 2.24) is 0 Å². The second kappa shape index (κ2) is 12.6. The quantitative estimate of drug-likeness (QED) is 0.282. The average molecular weight is 622 g/mol. The Morgan fingerprint density at radius 1 is 0.625 bits per heavy atom. The Morgan fingerprint density at radius 3 is 0.875 bits per heavy atom. The van der Waals surface area contributed by atoms with Crippen LogP contribution in [0.25, 0.3) is 0 Å². The van der Waals surface area contributed by atoms with Crippen LogP contribution < -0.4 is 51.4 Å². The predicted molar refractivity (Wildman–Crippen MR) is 105 cm³/mol. The van der Waals surface area contributed by atoms with Gasteiger partial charge in [-0.25, -0.2) is 11.1 Å². The Bertz CT molecular complexity index is 506. The number of rotatable bonds is 0. The molecule has 2 rings (SSSR count). The summed E-state index contributed by atoms with van der Waals surface area (Å²) in [5.41, 5.74) is 8.79. The van der Waals surface area contributed by atoms with E-state index in [2.05, 4.69) is 81.4 Å². The molecular weight excluding hydrogens is 588 g/mol. The van der Waals surface area contributed by atoms with Crippen LogP contribution in [0.5, 0.6) is 0 Å². The van der Waals surface area contributed by atoms with Crippen LogP contribution in [0.4, 0.5) is 0 Å². The van der Waals surface area contributed by atoms with Crippen molar-refractivity contribution in [3.8, 4) is 0 Å². The van der Waals surface area contributed by atoms with Crippen molar-refractivity contribution in [2.45, 2.75) is 69.2 Å². The zero-order chi connectivity index (χ0) is 15.9. The van der Waals surface area contributed by atoms with Crippen molar-refractivity contribution in [3.63, 3.8) is 0 Å². The monoisotopic (exact) mass is 620 g/mol. The van der Waals surface area contributed by atoms with Crippen molar-refractivity contribution in [2.75, 3.05) is 0 Å². The van der Waals surface area contributed by atoms with Gasteiger partial charge in [-0.15, -0.1) is 38.7 Å². The Kier molecular flexibility index (Phi) is 17.8. The maximum Gasteiger partial charge on any atom is 2.00 e. The fourth-order valence-corrected chi connectivity index (χ4v) is 2.81. The molecule has 4 heteroatoms. The van der Waals surface area contributed by atoms with Crippen LogP contribution in [0.2, 0.25) is 0 Å². The van der Waals surface area contributed by atoms with Gasteiger partial charge in [-0.1, -0.05) is 66.2 Å². The van der Waals surface area contributed by atoms with Gasteiger partial charge in [0.15, 0.2) is 0 Å². The minimum Gasteiger partial charge on any atom is -1.00 e. The molecular formula is C20H33Cl2KU. The topological polar surface area (TPSA) is 0 Å². The van der Waals surface area contributed by atoms with Crippen molar-refractivity contribution in [1.29, 1.82) is 0 Å². The molecule has 0 saturated heterocycles. The molecule has 0 spiro atoms. The smallest absolute Gasteiger partial charge is 1.00 e. The molecule has 0 aromatic rings. The van der Waals surface area contributed by atoms with E-state index < -0.39 is 0 Å². The standard InChI is InChI=1S/2C10H15.2ClH.K.U.H/c2*1-7-6-10(4,5)9(3)8(7)2;;;;;/h2*1-5H3;2*1H;;;/q2*-1;;;+1;+2;-1. The van der Waals surface area contributed by atoms with E-state index in [0.717, 1.165) is 0 Å². The maximum absolute atomic E-state index is 3.44. The molecule has 2 aliphatic carbocycles. The van der Waals surface area contributed by atoms with Gasteiger partial charge < -0.3 is 1.43 Å². The summed E-state index contributed by atoms with van der Waals surface area (Å²) in [6.45, 7) is 21.8. The van der Waals surface area contributed by atoms with Gasteiger partial charge in [-0.05, 0) is 0 Å². The van der Waals surface area contributed by atoms with E-state index in [1.54, 1.807) is 0 Å². The van der Waals surface area contributed by atoms with Gasteiger partial charge in [0, 0.05) is 0 Å². The Balaban J connectivity index is -0.0000000889. The van der Waals surface area contributed by atoms with E-state index in [-0.39, 0.29) is 120 Å². The first kappa shape index (κ1) is 33.8. The zero-order valence-corrected chi connectivity index (χ0v) is 26.2. The van der Waals surface area contributed by atoms with E-state index in [9.17, 15) is 0 Å². The Labute approximate surface area is 231 Å². The predicted octanol–water partition coefficient (Wildman–Crippen LogP) is 4.18. The third kappa shape index (κ3) is 8.08. The van der Waals surface area contributed by atoms with Crippen LogP contribution >= 0.6 is 24.8 Å². The molecule has 0 saturated carbocycles. The van der Waals surface area contributed by atoms with Gasteiger partial charge >= 0.3 is 82.5 Å². The number of hydrogen-bond donors (Lipinski definition) is 0. The van der Waals surface area contributed by atoms with Crippen LogP contribution in [0, 0.1) is 54.1 Å². The molecule has 0 unspecified atom stereocenters. The second-order valence-corrected chi connectivity index (χ2v) is 7.25. The fourth-order valence-electron chi connectivity index (χ4n) is 2.81. The molecule has 0 amide bonds. The molecule has 0 radical (unpaired) electrons. The van der Waals surface area contributed by atoms with E-state index in [0.29, 0.717) is 0 Å². The first-order chi connectivity index (χ1) is 8.90. The molecule has 0 N–H and O–H groups in total. The van der Waals surface area contributed by atoms with E-state index >= 15 is 0 Å². The van der Waals surface area contributed by atoms with Crippen LogP contribution in [0.1, 0.15) is 70.7 Å². The molecule has 2 aliphatic rings. The van der Waals surface area contributed by atoms with Gasteiger partial charge in [-0.2, -0.15) is 22.3 Å². The molecule has 0 nitrogen and oxygen atoms in total. The molecule has 0 aliphatic heterocycles. The molecule has 0 fully saturated rings. The van der Waals surface area contributed by atoms with Gasteiger partial charge in [0.25, 0.3) is 0 Å². The largest absolute Gasteiger partial charge is 2.00 e. The summed E-state index contributed by atoms with van der Waals surface area (Å²) in [6.07, 6.45) is 6.87. The molecule has 0 aromatic carbocycles. The van der Waals surface area contributed by atoms with Gasteiger partial charge in [0.05, 0.1) is 0 Å². The van der Waals surface area contributed by atoms with E-state index in [1.807, 2.05) is 0 Å². The molecule has 0 heterocycles. The third-order valence-corrected chi connectivity index (χ3v) is 5.12. The molecule has 0 atom stereocenters. The average Bonchev–Trinajstić information content (AvgIpc) is 2.60. The SMILES string of the molecule is CC1=[C-]C(C)(C)C(C)=C1C.CC1=[C-]C(C)(C)C(C)=C1C.Cl.Cl.[H-].[K+].[U+2]. The Morgan fingerprint density at radius 2 is 0.833 bits per heavy atom. The van der Waals surface area contributed by atoms with Crippen LogP contribution in [0.15, 0.2) is 33.4 Å². The van der Waals surface area contributed by atoms with Gasteiger partial charge in [0.1, 0.15) is 0 Å². The van der Waals surface area contributed by atoms with E-state index in [4.69, 9.17) is 0 Å². The molecule has 132 valence electrons. The van der Waals surface area contributed by atoms with Crippen LogP contribution in [0.3, 0.4) is 0 Å². The summed E-state index contributed by atoms with van der Waals surface area (Å²) in [5.74, 6) is 0. The maximum atomic E-state index is 3.44. The van der Waals surface area contributed by atoms with Crippen molar-refractivity contribution in [2.24, 2.45) is 10.8 Å². The Hall–Kier alpha value is 2.23. The summed E-state index contributed by atoms with van der Waals surface area (Å²) < 4.78 is 0. The minimum absolute atomic E-state index is 0. The van der Waals surface area contributed by atoms with Crippen LogP contribution in [-0.2, 0) is 0 Å². The number of hydrogen-bond acceptors (Lipinski definition) is 0. The normalized spacial score (nSPS) is 19.6. The number of halogens is 2. The summed E-state index contributed by atoms with van der Waals surface area (Å²) >= 11 is 0. The fraction of sp³-hybridized carbons (Fsp3) is 0.600. The molecule has 0 bridgehead atoms. The van der Waals surface area contributed by atoms with Crippen molar-refractivity contribution >= 4 is 24.8 Å². The second-order valence-electron chi connectivity index (χ2n) is 7.25. The van der Waals surface area contributed by atoms with E-state index in [1.165, 1.54) is 33.4 Å².